The fourth-order valence-corrected chi connectivity index (χ4v) is 3.09. The molecule has 2 N–H and O–H groups in total. The minimum Gasteiger partial charge on any atom is -0.497 e. The van der Waals surface area contributed by atoms with Gasteiger partial charge in [0.05, 0.1) is 13.7 Å². The molecule has 0 saturated heterocycles. The molecule has 0 aliphatic heterocycles. The van der Waals surface area contributed by atoms with Crippen molar-refractivity contribution in [3.63, 3.8) is 0 Å². The average Bonchev–Trinajstić information content (AvgIpc) is 2.49. The minimum absolute atomic E-state index is 0.162. The van der Waals surface area contributed by atoms with Crippen LogP contribution in [-0.4, -0.2) is 30.4 Å². The van der Waals surface area contributed by atoms with Crippen molar-refractivity contribution in [3.8, 4) is 5.75 Å². The Morgan fingerprint density at radius 3 is 2.40 bits per heavy atom. The number of hydrogen-bond donors (Lipinski definition) is 2. The molecule has 0 spiro atoms. The highest BCUT2D eigenvalue weighted by molar-refractivity contribution is 5.28. The quantitative estimate of drug-likeness (QED) is 0.840. The van der Waals surface area contributed by atoms with Crippen LogP contribution in [0.15, 0.2) is 24.3 Å². The minimum atomic E-state index is -0.239. The SMILES string of the molecule is COc1ccc(CC(C)(CO)NC2CCCCC2)cc1. The van der Waals surface area contributed by atoms with Gasteiger partial charge in [0.15, 0.2) is 0 Å². The Labute approximate surface area is 122 Å². The van der Waals surface area contributed by atoms with E-state index >= 15 is 0 Å². The summed E-state index contributed by atoms with van der Waals surface area (Å²) in [6.07, 6.45) is 7.27. The summed E-state index contributed by atoms with van der Waals surface area (Å²) in [4.78, 5) is 0. The van der Waals surface area contributed by atoms with Crippen LogP contribution in [0.4, 0.5) is 0 Å². The molecule has 1 aromatic carbocycles. The summed E-state index contributed by atoms with van der Waals surface area (Å²) in [6, 6.07) is 8.67. The number of rotatable bonds is 6. The molecule has 1 aliphatic rings. The van der Waals surface area contributed by atoms with Crippen LogP contribution in [0.1, 0.15) is 44.6 Å². The van der Waals surface area contributed by atoms with E-state index in [0.717, 1.165) is 12.2 Å². The first-order chi connectivity index (χ1) is 9.65. The third-order valence-corrected chi connectivity index (χ3v) is 4.26. The van der Waals surface area contributed by atoms with Gasteiger partial charge in [0.1, 0.15) is 5.75 Å². The maximum Gasteiger partial charge on any atom is 0.118 e. The standard InChI is InChI=1S/C17H27NO2/c1-17(13-19,18-15-6-4-3-5-7-15)12-14-8-10-16(20-2)11-9-14/h8-11,15,18-19H,3-7,12-13H2,1-2H3. The van der Waals surface area contributed by atoms with Crippen molar-refractivity contribution in [1.29, 1.82) is 0 Å². The van der Waals surface area contributed by atoms with E-state index in [0.29, 0.717) is 6.04 Å². The van der Waals surface area contributed by atoms with Gasteiger partial charge in [-0.1, -0.05) is 31.4 Å². The van der Waals surface area contributed by atoms with Crippen molar-refractivity contribution in [1.82, 2.24) is 5.32 Å². The van der Waals surface area contributed by atoms with Crippen LogP contribution in [0.2, 0.25) is 0 Å². The zero-order valence-corrected chi connectivity index (χ0v) is 12.7. The van der Waals surface area contributed by atoms with Crippen LogP contribution in [0.25, 0.3) is 0 Å². The van der Waals surface area contributed by atoms with Crippen LogP contribution in [0.3, 0.4) is 0 Å². The summed E-state index contributed by atoms with van der Waals surface area (Å²) in [6.45, 7) is 2.28. The van der Waals surface area contributed by atoms with E-state index in [9.17, 15) is 5.11 Å². The fraction of sp³-hybridized carbons (Fsp3) is 0.647. The highest BCUT2D eigenvalue weighted by Crippen LogP contribution is 2.22. The molecular formula is C17H27NO2. The lowest BCUT2D eigenvalue weighted by atomic mass is 9.88. The Kier molecular flexibility index (Phi) is 5.44. The molecule has 0 heterocycles. The second-order valence-corrected chi connectivity index (χ2v) is 6.22. The molecule has 3 nitrogen and oxygen atoms in total. The van der Waals surface area contributed by atoms with E-state index in [1.165, 1.54) is 37.7 Å². The highest BCUT2D eigenvalue weighted by atomic mass is 16.5. The van der Waals surface area contributed by atoms with Crippen molar-refractivity contribution in [2.75, 3.05) is 13.7 Å². The van der Waals surface area contributed by atoms with E-state index < -0.39 is 0 Å². The molecule has 20 heavy (non-hydrogen) atoms. The first kappa shape index (κ1) is 15.3. The van der Waals surface area contributed by atoms with Gasteiger partial charge in [-0.25, -0.2) is 0 Å². The Hall–Kier alpha value is -1.06. The zero-order valence-electron chi connectivity index (χ0n) is 12.7. The van der Waals surface area contributed by atoms with Crippen molar-refractivity contribution >= 4 is 0 Å². The number of aliphatic hydroxyl groups is 1. The first-order valence-electron chi connectivity index (χ1n) is 7.67. The molecule has 1 unspecified atom stereocenters. The Morgan fingerprint density at radius 2 is 1.85 bits per heavy atom. The molecule has 2 rings (SSSR count). The van der Waals surface area contributed by atoms with Gasteiger partial charge >= 0.3 is 0 Å². The summed E-state index contributed by atoms with van der Waals surface area (Å²) >= 11 is 0. The molecule has 1 saturated carbocycles. The smallest absolute Gasteiger partial charge is 0.118 e. The van der Waals surface area contributed by atoms with E-state index in [1.807, 2.05) is 12.1 Å². The number of methoxy groups -OCH3 is 1. The van der Waals surface area contributed by atoms with Crippen LogP contribution in [0, 0.1) is 0 Å². The summed E-state index contributed by atoms with van der Waals surface area (Å²) in [5.74, 6) is 0.875. The highest BCUT2D eigenvalue weighted by Gasteiger charge is 2.27. The summed E-state index contributed by atoms with van der Waals surface area (Å²) in [7, 11) is 1.68. The molecule has 112 valence electrons. The number of hydrogen-bond acceptors (Lipinski definition) is 3. The maximum atomic E-state index is 9.79. The van der Waals surface area contributed by atoms with E-state index in [-0.39, 0.29) is 12.1 Å². The topological polar surface area (TPSA) is 41.5 Å². The van der Waals surface area contributed by atoms with Gasteiger partial charge in [0.2, 0.25) is 0 Å². The monoisotopic (exact) mass is 277 g/mol. The second kappa shape index (κ2) is 7.09. The molecular weight excluding hydrogens is 250 g/mol. The van der Waals surface area contributed by atoms with Crippen molar-refractivity contribution in [2.24, 2.45) is 0 Å². The van der Waals surface area contributed by atoms with E-state index in [2.05, 4.69) is 24.4 Å². The van der Waals surface area contributed by atoms with Gasteiger partial charge in [-0.3, -0.25) is 0 Å². The predicted molar refractivity (Wildman–Crippen MR) is 82.2 cm³/mol. The summed E-state index contributed by atoms with van der Waals surface area (Å²) in [5.41, 5.74) is 0.988. The van der Waals surface area contributed by atoms with Gasteiger partial charge in [-0.2, -0.15) is 0 Å². The summed E-state index contributed by atoms with van der Waals surface area (Å²) < 4.78 is 5.18. The second-order valence-electron chi connectivity index (χ2n) is 6.22. The molecule has 0 radical (unpaired) electrons. The normalized spacial score (nSPS) is 19.6. The maximum absolute atomic E-state index is 9.79. The summed E-state index contributed by atoms with van der Waals surface area (Å²) in [5, 5.41) is 13.5. The first-order valence-corrected chi connectivity index (χ1v) is 7.67. The van der Waals surface area contributed by atoms with Crippen molar-refractivity contribution in [2.45, 2.75) is 57.0 Å². The lowest BCUT2D eigenvalue weighted by molar-refractivity contribution is 0.150. The fourth-order valence-electron chi connectivity index (χ4n) is 3.09. The number of aliphatic hydroxyl groups excluding tert-OH is 1. The van der Waals surface area contributed by atoms with Crippen LogP contribution < -0.4 is 10.1 Å². The van der Waals surface area contributed by atoms with E-state index in [4.69, 9.17) is 4.74 Å². The Balaban J connectivity index is 1.97. The van der Waals surface area contributed by atoms with Crippen LogP contribution in [0.5, 0.6) is 5.75 Å². The van der Waals surface area contributed by atoms with Gasteiger partial charge in [-0.15, -0.1) is 0 Å². The van der Waals surface area contributed by atoms with Crippen molar-refractivity contribution < 1.29 is 9.84 Å². The number of benzene rings is 1. The van der Waals surface area contributed by atoms with Gasteiger partial charge in [0.25, 0.3) is 0 Å². The van der Waals surface area contributed by atoms with E-state index in [1.54, 1.807) is 7.11 Å². The predicted octanol–water partition coefficient (Wildman–Crippen LogP) is 2.91. The third kappa shape index (κ3) is 4.22. The molecule has 1 aromatic rings. The molecule has 1 aliphatic carbocycles. The van der Waals surface area contributed by atoms with Crippen LogP contribution in [-0.2, 0) is 6.42 Å². The van der Waals surface area contributed by atoms with Gasteiger partial charge in [-0.05, 0) is 43.9 Å². The van der Waals surface area contributed by atoms with Gasteiger partial charge in [0, 0.05) is 11.6 Å². The number of nitrogens with one attached hydrogen (secondary N) is 1. The zero-order chi connectivity index (χ0) is 14.4. The Bertz CT molecular complexity index is 398. The molecule has 0 amide bonds. The largest absolute Gasteiger partial charge is 0.497 e. The average molecular weight is 277 g/mol. The molecule has 3 heteroatoms. The van der Waals surface area contributed by atoms with Crippen LogP contribution >= 0.6 is 0 Å². The molecule has 0 bridgehead atoms. The van der Waals surface area contributed by atoms with Gasteiger partial charge < -0.3 is 15.2 Å². The lowest BCUT2D eigenvalue weighted by Crippen LogP contribution is -2.52. The molecule has 0 aromatic heterocycles. The molecule has 1 fully saturated rings. The Morgan fingerprint density at radius 1 is 1.20 bits per heavy atom. The van der Waals surface area contributed by atoms with Crippen molar-refractivity contribution in [3.05, 3.63) is 29.8 Å². The lowest BCUT2D eigenvalue weighted by Gasteiger charge is -2.35. The third-order valence-electron chi connectivity index (χ3n) is 4.26. The molecule has 1 atom stereocenters. The number of ether oxygens (including phenoxy) is 1.